The van der Waals surface area contributed by atoms with Crippen molar-refractivity contribution in [3.8, 4) is 33.6 Å². The van der Waals surface area contributed by atoms with Crippen molar-refractivity contribution in [3.63, 3.8) is 0 Å². The lowest BCUT2D eigenvalue weighted by molar-refractivity contribution is -0.154. The monoisotopic (exact) mass is 693 g/mol. The minimum atomic E-state index is -0.930. The van der Waals surface area contributed by atoms with E-state index in [0.717, 1.165) is 21.6 Å². The number of benzene rings is 3. The summed E-state index contributed by atoms with van der Waals surface area (Å²) in [7, 11) is 0. The van der Waals surface area contributed by atoms with Gasteiger partial charge in [0.05, 0.1) is 10.8 Å². The fourth-order valence-corrected chi connectivity index (χ4v) is 7.11. The zero-order valence-corrected chi connectivity index (χ0v) is 29.1. The summed E-state index contributed by atoms with van der Waals surface area (Å²) in [4.78, 5) is 50.4. The summed E-state index contributed by atoms with van der Waals surface area (Å²) >= 11 is 1.44. The summed E-state index contributed by atoms with van der Waals surface area (Å²) in [5.41, 5.74) is 4.42. The third kappa shape index (κ3) is 7.55. The first-order valence-electron chi connectivity index (χ1n) is 16.4. The van der Waals surface area contributed by atoms with Gasteiger partial charge in [0.1, 0.15) is 11.6 Å². The molecule has 6 rings (SSSR count). The number of carbonyl (C=O) groups excluding carboxylic acids is 2. The van der Waals surface area contributed by atoms with Gasteiger partial charge in [-0.3, -0.25) is 14.4 Å². The van der Waals surface area contributed by atoms with E-state index in [4.69, 9.17) is 0 Å². The van der Waals surface area contributed by atoms with Crippen molar-refractivity contribution < 1.29 is 28.3 Å². The quantitative estimate of drug-likeness (QED) is 0.148. The number of carboxylic acid groups (broad SMARTS) is 1. The van der Waals surface area contributed by atoms with Crippen molar-refractivity contribution in [1.29, 1.82) is 0 Å². The number of likely N-dealkylation sites (tertiary alicyclic amines) is 1. The van der Waals surface area contributed by atoms with E-state index >= 15 is 4.39 Å². The van der Waals surface area contributed by atoms with Crippen LogP contribution in [0.1, 0.15) is 52.9 Å². The predicted molar refractivity (Wildman–Crippen MR) is 190 cm³/mol. The largest absolute Gasteiger partial charge is 0.481 e. The van der Waals surface area contributed by atoms with Crippen LogP contribution in [-0.2, 0) is 21.4 Å². The van der Waals surface area contributed by atoms with Gasteiger partial charge in [-0.1, -0.05) is 63.2 Å². The Morgan fingerprint density at radius 2 is 1.54 bits per heavy atom. The summed E-state index contributed by atoms with van der Waals surface area (Å²) in [6, 6.07) is 20.5. The topological polar surface area (TPSA) is 100 Å². The number of hydrogen-bond acceptors (Lipinski definition) is 6. The van der Waals surface area contributed by atoms with Crippen LogP contribution in [0, 0.1) is 30.4 Å². The molecule has 3 aromatic carbocycles. The summed E-state index contributed by atoms with van der Waals surface area (Å²) in [5, 5.41) is 9.31. The Hall–Kier alpha value is -5.09. The number of halogens is 2. The molecular weight excluding hydrogens is 657 g/mol. The van der Waals surface area contributed by atoms with E-state index in [1.807, 2.05) is 36.4 Å². The summed E-state index contributed by atoms with van der Waals surface area (Å²) in [6.07, 6.45) is 3.45. The zero-order chi connectivity index (χ0) is 35.7. The van der Waals surface area contributed by atoms with E-state index in [0.29, 0.717) is 39.4 Å². The SMILES string of the molecule is Cc1cc(F)ccc1-c1ccc(-c2cnc(-c3ccc(C[C@H](CC(=O)c4ccc(C(C)(C)C)s4)C(=O)N4CC(C(=O)O)C4)cc3)nc2)c(F)c1. The van der Waals surface area contributed by atoms with Gasteiger partial charge in [-0.2, -0.15) is 0 Å². The van der Waals surface area contributed by atoms with Gasteiger partial charge >= 0.3 is 5.97 Å². The van der Waals surface area contributed by atoms with Crippen LogP contribution >= 0.6 is 11.3 Å². The molecule has 5 aromatic rings. The second-order valence-corrected chi connectivity index (χ2v) is 15.0. The third-order valence-electron chi connectivity index (χ3n) is 9.07. The molecule has 7 nitrogen and oxygen atoms in total. The molecule has 2 aromatic heterocycles. The molecule has 1 aliphatic heterocycles. The van der Waals surface area contributed by atoms with Gasteiger partial charge in [0.15, 0.2) is 11.6 Å². The summed E-state index contributed by atoms with van der Waals surface area (Å²) < 4.78 is 28.8. The van der Waals surface area contributed by atoms with E-state index in [-0.39, 0.29) is 42.4 Å². The first kappa shape index (κ1) is 34.8. The molecule has 1 amide bonds. The molecular formula is C40H37F2N3O4S. The van der Waals surface area contributed by atoms with Crippen LogP contribution in [0.3, 0.4) is 0 Å². The molecule has 1 fully saturated rings. The average Bonchev–Trinajstić information content (AvgIpc) is 3.56. The minimum Gasteiger partial charge on any atom is -0.481 e. The fourth-order valence-electron chi connectivity index (χ4n) is 6.09. The number of thiophene rings is 1. The lowest BCUT2D eigenvalue weighted by Crippen LogP contribution is -2.55. The molecule has 1 aliphatic rings. The number of nitrogens with zero attached hydrogens (tertiary/aromatic N) is 3. The average molecular weight is 694 g/mol. The highest BCUT2D eigenvalue weighted by Crippen LogP contribution is 2.33. The molecule has 0 bridgehead atoms. The summed E-state index contributed by atoms with van der Waals surface area (Å²) in [5.74, 6) is -2.85. The van der Waals surface area contributed by atoms with Gasteiger partial charge < -0.3 is 10.0 Å². The Morgan fingerprint density at radius 1 is 0.880 bits per heavy atom. The van der Waals surface area contributed by atoms with Crippen LogP contribution < -0.4 is 0 Å². The normalized spacial score (nSPS) is 13.9. The minimum absolute atomic E-state index is 0.0184. The van der Waals surface area contributed by atoms with Crippen molar-refractivity contribution in [2.45, 2.75) is 46.0 Å². The Labute approximate surface area is 293 Å². The molecule has 0 saturated carbocycles. The van der Waals surface area contributed by atoms with E-state index in [1.165, 1.54) is 34.4 Å². The summed E-state index contributed by atoms with van der Waals surface area (Å²) in [6.45, 7) is 8.31. The molecule has 50 heavy (non-hydrogen) atoms. The second kappa shape index (κ2) is 14.0. The van der Waals surface area contributed by atoms with Crippen LogP contribution in [0.2, 0.25) is 0 Å². The first-order chi connectivity index (χ1) is 23.8. The van der Waals surface area contributed by atoms with Crippen molar-refractivity contribution in [2.75, 3.05) is 13.1 Å². The van der Waals surface area contributed by atoms with Crippen molar-refractivity contribution in [3.05, 3.63) is 118 Å². The van der Waals surface area contributed by atoms with Crippen LogP contribution in [0.25, 0.3) is 33.6 Å². The fraction of sp³-hybridized carbons (Fsp3) is 0.275. The first-order valence-corrected chi connectivity index (χ1v) is 17.2. The number of hydrogen-bond donors (Lipinski definition) is 1. The van der Waals surface area contributed by atoms with Crippen molar-refractivity contribution >= 4 is 29.0 Å². The second-order valence-electron chi connectivity index (χ2n) is 13.9. The lowest BCUT2D eigenvalue weighted by atomic mass is 9.89. The molecule has 1 saturated heterocycles. The highest BCUT2D eigenvalue weighted by molar-refractivity contribution is 7.14. The molecule has 0 radical (unpaired) electrons. The molecule has 10 heteroatoms. The number of Topliss-reactive ketones (excluding diaryl/α,β-unsaturated/α-hetero) is 1. The van der Waals surface area contributed by atoms with Gasteiger partial charge in [0, 0.05) is 59.4 Å². The van der Waals surface area contributed by atoms with Gasteiger partial charge in [-0.05, 0) is 71.3 Å². The van der Waals surface area contributed by atoms with Crippen LogP contribution in [-0.4, -0.2) is 50.7 Å². The number of aromatic nitrogens is 2. The number of ketones is 1. The molecule has 3 heterocycles. The van der Waals surface area contributed by atoms with Crippen LogP contribution in [0.4, 0.5) is 8.78 Å². The van der Waals surface area contributed by atoms with Crippen molar-refractivity contribution in [1.82, 2.24) is 14.9 Å². The number of carboxylic acids is 1. The van der Waals surface area contributed by atoms with Crippen molar-refractivity contribution in [2.24, 2.45) is 11.8 Å². The molecule has 0 unspecified atom stereocenters. The van der Waals surface area contributed by atoms with Gasteiger partial charge in [0.2, 0.25) is 5.91 Å². The predicted octanol–water partition coefficient (Wildman–Crippen LogP) is 8.40. The number of aryl methyl sites for hydroxylation is 1. The number of aliphatic carboxylic acids is 1. The molecule has 0 aliphatic carbocycles. The molecule has 0 spiro atoms. The van der Waals surface area contributed by atoms with Gasteiger partial charge in [-0.15, -0.1) is 11.3 Å². The third-order valence-corrected chi connectivity index (χ3v) is 10.6. The lowest BCUT2D eigenvalue weighted by Gasteiger charge is -2.38. The molecule has 256 valence electrons. The van der Waals surface area contributed by atoms with Crippen LogP contribution in [0.15, 0.2) is 85.2 Å². The van der Waals surface area contributed by atoms with Crippen LogP contribution in [0.5, 0.6) is 0 Å². The maximum absolute atomic E-state index is 15.2. The highest BCUT2D eigenvalue weighted by Gasteiger charge is 2.39. The van der Waals surface area contributed by atoms with Gasteiger partial charge in [-0.25, -0.2) is 18.7 Å². The Bertz CT molecular complexity index is 2060. The highest BCUT2D eigenvalue weighted by atomic mass is 32.1. The van der Waals surface area contributed by atoms with E-state index < -0.39 is 23.6 Å². The van der Waals surface area contributed by atoms with Gasteiger partial charge in [0.25, 0.3) is 0 Å². The Balaban J connectivity index is 1.16. The Kier molecular flexibility index (Phi) is 9.75. The smallest absolute Gasteiger partial charge is 0.310 e. The standard InChI is InChI=1S/C40H37F2N3O4S/c1-23-15-30(41)10-12-31(23)26-9-11-32(33(42)17-26)28-19-43-37(44-20-28)25-7-5-24(6-8-25)16-27(38(47)45-21-29(22-45)39(48)49)18-34(46)35-13-14-36(50-35)40(2,3)4/h5-15,17,19-20,27,29H,16,18,21-22H2,1-4H3,(H,48,49)/t27-/m1/s1. The van der Waals surface area contributed by atoms with E-state index in [2.05, 4.69) is 30.7 Å². The maximum atomic E-state index is 15.2. The number of carbonyl (C=O) groups is 3. The Morgan fingerprint density at radius 3 is 2.14 bits per heavy atom. The number of amides is 1. The zero-order valence-electron chi connectivity index (χ0n) is 28.2. The molecule has 1 N–H and O–H groups in total. The maximum Gasteiger partial charge on any atom is 0.310 e. The molecule has 1 atom stereocenters. The van der Waals surface area contributed by atoms with E-state index in [1.54, 1.807) is 37.5 Å². The van der Waals surface area contributed by atoms with E-state index in [9.17, 15) is 23.9 Å². The number of rotatable bonds is 10.